The van der Waals surface area contributed by atoms with E-state index in [9.17, 15) is 0 Å². The Kier molecular flexibility index (Phi) is 2.16. The van der Waals surface area contributed by atoms with E-state index in [1.165, 1.54) is 0 Å². The monoisotopic (exact) mass is 242 g/mol. The van der Waals surface area contributed by atoms with Crippen LogP contribution in [0.2, 0.25) is 0 Å². The SMILES string of the molecule is Cc1oc(C)c(-c2nc3nc(N)ccc3[nH]2)c1C. The summed E-state index contributed by atoms with van der Waals surface area (Å²) in [6.07, 6.45) is 0. The van der Waals surface area contributed by atoms with Crippen molar-refractivity contribution in [2.75, 3.05) is 5.73 Å². The van der Waals surface area contributed by atoms with Crippen molar-refractivity contribution < 1.29 is 4.42 Å². The fourth-order valence-electron chi connectivity index (χ4n) is 2.17. The van der Waals surface area contributed by atoms with E-state index < -0.39 is 0 Å². The largest absolute Gasteiger partial charge is 0.466 e. The number of nitrogen functional groups attached to an aromatic ring is 1. The highest BCUT2D eigenvalue weighted by Crippen LogP contribution is 2.30. The zero-order valence-electron chi connectivity index (χ0n) is 10.5. The first kappa shape index (κ1) is 10.8. The first-order valence-electron chi connectivity index (χ1n) is 5.75. The van der Waals surface area contributed by atoms with Gasteiger partial charge in [0.05, 0.1) is 11.1 Å². The number of H-pyrrole nitrogens is 1. The Hall–Kier alpha value is -2.30. The van der Waals surface area contributed by atoms with Crippen LogP contribution < -0.4 is 5.73 Å². The molecule has 0 aromatic carbocycles. The number of nitrogens with zero attached hydrogens (tertiary/aromatic N) is 2. The van der Waals surface area contributed by atoms with Gasteiger partial charge in [0.1, 0.15) is 23.2 Å². The van der Waals surface area contributed by atoms with E-state index in [2.05, 4.69) is 15.0 Å². The summed E-state index contributed by atoms with van der Waals surface area (Å²) in [6, 6.07) is 3.64. The Morgan fingerprint density at radius 3 is 2.56 bits per heavy atom. The van der Waals surface area contributed by atoms with Gasteiger partial charge in [-0.15, -0.1) is 0 Å². The number of anilines is 1. The van der Waals surface area contributed by atoms with E-state index in [1.807, 2.05) is 26.8 Å². The van der Waals surface area contributed by atoms with Crippen molar-refractivity contribution in [2.45, 2.75) is 20.8 Å². The average molecular weight is 242 g/mol. The minimum Gasteiger partial charge on any atom is -0.466 e. The molecule has 3 rings (SSSR count). The fourth-order valence-corrected chi connectivity index (χ4v) is 2.17. The second-order valence-corrected chi connectivity index (χ2v) is 4.41. The molecular weight excluding hydrogens is 228 g/mol. The highest BCUT2D eigenvalue weighted by atomic mass is 16.3. The quantitative estimate of drug-likeness (QED) is 0.687. The summed E-state index contributed by atoms with van der Waals surface area (Å²) in [5.74, 6) is 3.01. The summed E-state index contributed by atoms with van der Waals surface area (Å²) in [5.41, 5.74) is 9.25. The molecule has 0 saturated heterocycles. The van der Waals surface area contributed by atoms with Crippen molar-refractivity contribution in [1.29, 1.82) is 0 Å². The third kappa shape index (κ3) is 1.48. The van der Waals surface area contributed by atoms with Crippen LogP contribution in [0, 0.1) is 20.8 Å². The standard InChI is InChI=1S/C13H14N4O/c1-6-7(2)18-8(3)11(6)13-15-9-4-5-10(14)16-12(9)17-13/h4-5H,1-3H3,(H3,14,15,16,17). The van der Waals surface area contributed by atoms with Gasteiger partial charge in [0.15, 0.2) is 5.65 Å². The van der Waals surface area contributed by atoms with Gasteiger partial charge in [-0.25, -0.2) is 9.97 Å². The van der Waals surface area contributed by atoms with Crippen molar-refractivity contribution in [3.8, 4) is 11.4 Å². The lowest BCUT2D eigenvalue weighted by atomic mass is 10.1. The highest BCUT2D eigenvalue weighted by molar-refractivity contribution is 5.78. The third-order valence-corrected chi connectivity index (χ3v) is 3.17. The number of furan rings is 1. The fraction of sp³-hybridized carbons (Fsp3) is 0.231. The van der Waals surface area contributed by atoms with Crippen LogP contribution in [0.25, 0.3) is 22.6 Å². The minimum absolute atomic E-state index is 0.470. The van der Waals surface area contributed by atoms with Crippen LogP contribution in [-0.2, 0) is 0 Å². The Bertz CT molecular complexity index is 739. The molecule has 5 nitrogen and oxygen atoms in total. The van der Waals surface area contributed by atoms with Crippen LogP contribution in [0.3, 0.4) is 0 Å². The van der Waals surface area contributed by atoms with Crippen LogP contribution in [0.1, 0.15) is 17.1 Å². The number of imidazole rings is 1. The molecule has 0 fully saturated rings. The second kappa shape index (κ2) is 3.60. The van der Waals surface area contributed by atoms with Crippen molar-refractivity contribution in [3.05, 3.63) is 29.2 Å². The zero-order chi connectivity index (χ0) is 12.9. The van der Waals surface area contributed by atoms with Crippen molar-refractivity contribution in [1.82, 2.24) is 15.0 Å². The first-order chi connectivity index (χ1) is 8.56. The van der Waals surface area contributed by atoms with E-state index in [0.29, 0.717) is 11.5 Å². The smallest absolute Gasteiger partial charge is 0.180 e. The molecule has 3 N–H and O–H groups in total. The van der Waals surface area contributed by atoms with Gasteiger partial charge in [-0.2, -0.15) is 0 Å². The molecule has 0 aliphatic heterocycles. The number of aromatic nitrogens is 3. The number of pyridine rings is 1. The highest BCUT2D eigenvalue weighted by Gasteiger charge is 2.16. The van der Waals surface area contributed by atoms with E-state index in [4.69, 9.17) is 10.2 Å². The molecule has 0 bridgehead atoms. The summed E-state index contributed by atoms with van der Waals surface area (Å²) in [4.78, 5) is 11.9. The summed E-state index contributed by atoms with van der Waals surface area (Å²) in [7, 11) is 0. The van der Waals surface area contributed by atoms with Gasteiger partial charge in [-0.3, -0.25) is 0 Å². The molecule has 3 aromatic rings. The number of aromatic amines is 1. The maximum absolute atomic E-state index is 5.65. The topological polar surface area (TPSA) is 80.7 Å². The molecule has 5 heteroatoms. The lowest BCUT2D eigenvalue weighted by Gasteiger charge is -1.94. The van der Waals surface area contributed by atoms with Gasteiger partial charge < -0.3 is 15.1 Å². The second-order valence-electron chi connectivity index (χ2n) is 4.41. The van der Waals surface area contributed by atoms with Crippen molar-refractivity contribution in [2.24, 2.45) is 0 Å². The predicted molar refractivity (Wildman–Crippen MR) is 70.2 cm³/mol. The van der Waals surface area contributed by atoms with Crippen molar-refractivity contribution >= 4 is 17.0 Å². The Morgan fingerprint density at radius 1 is 1.11 bits per heavy atom. The van der Waals surface area contributed by atoms with Crippen LogP contribution in [0.15, 0.2) is 16.5 Å². The number of nitrogens with two attached hydrogens (primary N) is 1. The van der Waals surface area contributed by atoms with Gasteiger partial charge >= 0.3 is 0 Å². The number of nitrogens with one attached hydrogen (secondary N) is 1. The average Bonchev–Trinajstić information content (AvgIpc) is 2.80. The first-order valence-corrected chi connectivity index (χ1v) is 5.75. The lowest BCUT2D eigenvalue weighted by molar-refractivity contribution is 0.503. The van der Waals surface area contributed by atoms with Gasteiger partial charge in [0.2, 0.25) is 0 Å². The lowest BCUT2D eigenvalue weighted by Crippen LogP contribution is -1.88. The summed E-state index contributed by atoms with van der Waals surface area (Å²) >= 11 is 0. The van der Waals surface area contributed by atoms with Crippen molar-refractivity contribution in [3.63, 3.8) is 0 Å². The van der Waals surface area contributed by atoms with Gasteiger partial charge in [-0.1, -0.05) is 0 Å². The molecule has 0 aliphatic rings. The molecule has 0 saturated carbocycles. The van der Waals surface area contributed by atoms with Gasteiger partial charge in [-0.05, 0) is 32.9 Å². The van der Waals surface area contributed by atoms with E-state index in [0.717, 1.165) is 34.0 Å². The molecular formula is C13H14N4O. The number of rotatable bonds is 1. The van der Waals surface area contributed by atoms with Gasteiger partial charge in [0.25, 0.3) is 0 Å². The summed E-state index contributed by atoms with van der Waals surface area (Å²) in [5, 5.41) is 0. The molecule has 0 atom stereocenters. The van der Waals surface area contributed by atoms with Gasteiger partial charge in [0, 0.05) is 5.56 Å². The Labute approximate surface area is 104 Å². The maximum Gasteiger partial charge on any atom is 0.180 e. The third-order valence-electron chi connectivity index (χ3n) is 3.17. The number of hydrogen-bond donors (Lipinski definition) is 2. The zero-order valence-corrected chi connectivity index (χ0v) is 10.5. The predicted octanol–water partition coefficient (Wildman–Crippen LogP) is 2.73. The molecule has 92 valence electrons. The Balaban J connectivity index is 2.25. The molecule has 0 radical (unpaired) electrons. The molecule has 0 unspecified atom stereocenters. The molecule has 0 amide bonds. The van der Waals surface area contributed by atoms with Crippen LogP contribution in [0.4, 0.5) is 5.82 Å². The van der Waals surface area contributed by atoms with Crippen LogP contribution in [-0.4, -0.2) is 15.0 Å². The van der Waals surface area contributed by atoms with Crippen LogP contribution >= 0.6 is 0 Å². The molecule has 0 spiro atoms. The number of aryl methyl sites for hydroxylation is 2. The maximum atomic E-state index is 5.65. The summed E-state index contributed by atoms with van der Waals surface area (Å²) < 4.78 is 5.61. The van der Waals surface area contributed by atoms with E-state index in [-0.39, 0.29) is 0 Å². The van der Waals surface area contributed by atoms with Crippen LogP contribution in [0.5, 0.6) is 0 Å². The number of hydrogen-bond acceptors (Lipinski definition) is 4. The summed E-state index contributed by atoms with van der Waals surface area (Å²) in [6.45, 7) is 5.91. The molecule has 0 aliphatic carbocycles. The normalized spacial score (nSPS) is 11.3. The Morgan fingerprint density at radius 2 is 1.89 bits per heavy atom. The minimum atomic E-state index is 0.470. The molecule has 3 heterocycles. The molecule has 3 aromatic heterocycles. The van der Waals surface area contributed by atoms with E-state index in [1.54, 1.807) is 6.07 Å². The molecule has 18 heavy (non-hydrogen) atoms. The number of fused-ring (bicyclic) bond motifs is 1. The van der Waals surface area contributed by atoms with E-state index >= 15 is 0 Å².